The molecule has 0 saturated heterocycles. The van der Waals surface area contributed by atoms with Crippen molar-refractivity contribution in [1.82, 2.24) is 5.32 Å². The molecule has 0 radical (unpaired) electrons. The Morgan fingerprint density at radius 3 is 2.32 bits per heavy atom. The van der Waals surface area contributed by atoms with E-state index in [0.29, 0.717) is 18.4 Å². The van der Waals surface area contributed by atoms with Gasteiger partial charge in [0.1, 0.15) is 0 Å². The highest BCUT2D eigenvalue weighted by molar-refractivity contribution is 6.31. The summed E-state index contributed by atoms with van der Waals surface area (Å²) in [7, 11) is 0. The number of hydrogen-bond acceptors (Lipinski definition) is 1. The summed E-state index contributed by atoms with van der Waals surface area (Å²) in [5, 5.41) is 5.72. The van der Waals surface area contributed by atoms with Crippen LogP contribution in [-0.4, -0.2) is 12.6 Å². The van der Waals surface area contributed by atoms with E-state index < -0.39 is 22.8 Å². The van der Waals surface area contributed by atoms with Gasteiger partial charge in [0.15, 0.2) is 0 Å². The Bertz CT molecular complexity index is 1070. The highest BCUT2D eigenvalue weighted by Gasteiger charge is 2.57. The van der Waals surface area contributed by atoms with Crippen molar-refractivity contribution in [3.8, 4) is 0 Å². The normalized spacial score (nSPS) is 29.8. The fourth-order valence-corrected chi connectivity index (χ4v) is 7.67. The van der Waals surface area contributed by atoms with Crippen LogP contribution in [0.25, 0.3) is 0 Å². The van der Waals surface area contributed by atoms with E-state index in [9.17, 15) is 18.0 Å². The van der Waals surface area contributed by atoms with Gasteiger partial charge in [0.2, 0.25) is 0 Å². The summed E-state index contributed by atoms with van der Waals surface area (Å²) in [6.07, 6.45) is 3.52. The number of hydrogen-bond donors (Lipinski definition) is 2. The second-order valence-corrected chi connectivity index (χ2v) is 11.4. The molecule has 0 aromatic heterocycles. The summed E-state index contributed by atoms with van der Waals surface area (Å²) in [4.78, 5) is 12.4. The Labute approximate surface area is 207 Å². The van der Waals surface area contributed by atoms with Crippen LogP contribution in [0.4, 0.5) is 23.7 Å². The maximum atomic E-state index is 13.1. The molecule has 3 nitrogen and oxygen atoms in total. The second kappa shape index (κ2) is 8.63. The van der Waals surface area contributed by atoms with Gasteiger partial charge in [-0.05, 0) is 104 Å². The number of anilines is 1. The van der Waals surface area contributed by atoms with Crippen molar-refractivity contribution >= 4 is 34.9 Å². The first-order valence-corrected chi connectivity index (χ1v) is 12.5. The van der Waals surface area contributed by atoms with Crippen molar-refractivity contribution in [3.05, 3.63) is 63.6 Å². The van der Waals surface area contributed by atoms with Crippen LogP contribution in [0.3, 0.4) is 0 Å². The van der Waals surface area contributed by atoms with Crippen LogP contribution >= 0.6 is 23.2 Å². The van der Waals surface area contributed by atoms with E-state index in [0.717, 1.165) is 30.0 Å². The third-order valence-electron chi connectivity index (χ3n) is 8.11. The zero-order valence-corrected chi connectivity index (χ0v) is 20.2. The molecule has 4 fully saturated rings. The molecule has 2 unspecified atom stereocenters. The number of benzene rings is 2. The SMILES string of the molecule is O=C(NCCC12CC3CC(C1)CC(c1ccc(Cl)cc1)(C3)C2)Nc1ccc(Cl)c(C(F)(F)F)c1. The van der Waals surface area contributed by atoms with Gasteiger partial charge in [-0.2, -0.15) is 13.2 Å². The smallest absolute Gasteiger partial charge is 0.338 e. The van der Waals surface area contributed by atoms with Crippen LogP contribution < -0.4 is 10.6 Å². The Balaban J connectivity index is 1.23. The Hall–Kier alpha value is -1.92. The van der Waals surface area contributed by atoms with Crippen molar-refractivity contribution in [3.63, 3.8) is 0 Å². The predicted molar refractivity (Wildman–Crippen MR) is 128 cm³/mol. The van der Waals surface area contributed by atoms with Crippen LogP contribution in [-0.2, 0) is 11.6 Å². The van der Waals surface area contributed by atoms with E-state index in [1.807, 2.05) is 12.1 Å². The molecule has 4 saturated carbocycles. The minimum atomic E-state index is -4.58. The third-order valence-corrected chi connectivity index (χ3v) is 8.69. The molecule has 34 heavy (non-hydrogen) atoms. The van der Waals surface area contributed by atoms with E-state index >= 15 is 0 Å². The minimum Gasteiger partial charge on any atom is -0.338 e. The topological polar surface area (TPSA) is 41.1 Å². The van der Waals surface area contributed by atoms with Crippen LogP contribution in [0.2, 0.25) is 10.0 Å². The fourth-order valence-electron chi connectivity index (χ4n) is 7.32. The lowest BCUT2D eigenvalue weighted by molar-refractivity contribution is -0.137. The number of halogens is 5. The quantitative estimate of drug-likeness (QED) is 0.419. The molecule has 0 spiro atoms. The highest BCUT2D eigenvalue weighted by atomic mass is 35.5. The van der Waals surface area contributed by atoms with Crippen molar-refractivity contribution in [2.45, 2.75) is 56.5 Å². The van der Waals surface area contributed by atoms with Crippen LogP contribution in [0, 0.1) is 17.3 Å². The molecule has 0 heterocycles. The van der Waals surface area contributed by atoms with Crippen molar-refractivity contribution in [1.29, 1.82) is 0 Å². The molecule has 4 bridgehead atoms. The van der Waals surface area contributed by atoms with Gasteiger partial charge in [0.05, 0.1) is 10.6 Å². The summed E-state index contributed by atoms with van der Waals surface area (Å²) in [6.45, 7) is 0.488. The lowest BCUT2D eigenvalue weighted by atomic mass is 9.42. The summed E-state index contributed by atoms with van der Waals surface area (Å²) in [6, 6.07) is 11.2. The second-order valence-electron chi connectivity index (χ2n) is 10.6. The van der Waals surface area contributed by atoms with Crippen LogP contribution in [0.5, 0.6) is 0 Å². The predicted octanol–water partition coefficient (Wildman–Crippen LogP) is 8.06. The molecule has 2 N–H and O–H groups in total. The molecular weight excluding hydrogens is 484 g/mol. The molecule has 4 aliphatic rings. The van der Waals surface area contributed by atoms with Gasteiger partial charge in [-0.3, -0.25) is 0 Å². The maximum Gasteiger partial charge on any atom is 0.417 e. The number of alkyl halides is 3. The van der Waals surface area contributed by atoms with E-state index in [1.165, 1.54) is 43.7 Å². The molecule has 2 aromatic carbocycles. The van der Waals surface area contributed by atoms with Crippen LogP contribution in [0.1, 0.15) is 56.1 Å². The molecule has 8 heteroatoms. The largest absolute Gasteiger partial charge is 0.417 e. The van der Waals surface area contributed by atoms with E-state index in [-0.39, 0.29) is 16.5 Å². The Morgan fingerprint density at radius 2 is 1.68 bits per heavy atom. The monoisotopic (exact) mass is 510 g/mol. The first-order chi connectivity index (χ1) is 16.1. The summed E-state index contributed by atoms with van der Waals surface area (Å²) < 4.78 is 39.2. The molecular formula is C26H27Cl2F3N2O. The summed E-state index contributed by atoms with van der Waals surface area (Å²) in [5.41, 5.74) is 0.859. The zero-order chi connectivity index (χ0) is 24.1. The standard InChI is InChI=1S/C26H27Cl2F3N2O/c27-19-3-1-18(2-4-19)25-13-16-9-17(14-25)12-24(11-16,15-25)7-8-32-23(34)33-20-5-6-22(28)21(10-20)26(29,30)31/h1-6,10,16-17H,7-9,11-15H2,(H2,32,33,34). The number of urea groups is 1. The maximum absolute atomic E-state index is 13.1. The third kappa shape index (κ3) is 4.64. The minimum absolute atomic E-state index is 0.0609. The molecule has 182 valence electrons. The summed E-state index contributed by atoms with van der Waals surface area (Å²) >= 11 is 11.8. The van der Waals surface area contributed by atoms with Gasteiger partial charge in [0.25, 0.3) is 0 Å². The van der Waals surface area contributed by atoms with Gasteiger partial charge in [0, 0.05) is 17.3 Å². The van der Waals surface area contributed by atoms with E-state index in [2.05, 4.69) is 22.8 Å². The number of carbonyl (C=O) groups is 1. The Morgan fingerprint density at radius 1 is 1.00 bits per heavy atom. The first kappa shape index (κ1) is 23.8. The molecule has 2 atom stereocenters. The molecule has 2 aromatic rings. The van der Waals surface area contributed by atoms with Crippen LogP contribution in [0.15, 0.2) is 42.5 Å². The molecule has 4 aliphatic carbocycles. The van der Waals surface area contributed by atoms with Gasteiger partial charge in [-0.25, -0.2) is 4.79 Å². The van der Waals surface area contributed by atoms with Crippen molar-refractivity contribution in [2.75, 3.05) is 11.9 Å². The van der Waals surface area contributed by atoms with E-state index in [4.69, 9.17) is 23.2 Å². The number of rotatable bonds is 5. The van der Waals surface area contributed by atoms with Crippen molar-refractivity contribution < 1.29 is 18.0 Å². The Kier molecular flexibility index (Phi) is 6.04. The summed E-state index contributed by atoms with van der Waals surface area (Å²) in [5.74, 6) is 1.42. The van der Waals surface area contributed by atoms with Gasteiger partial charge in [-0.15, -0.1) is 0 Å². The molecule has 0 aliphatic heterocycles. The zero-order valence-electron chi connectivity index (χ0n) is 18.7. The van der Waals surface area contributed by atoms with Gasteiger partial charge >= 0.3 is 12.2 Å². The average Bonchev–Trinajstić information content (AvgIpc) is 2.73. The van der Waals surface area contributed by atoms with E-state index in [1.54, 1.807) is 0 Å². The lowest BCUT2D eigenvalue weighted by Crippen LogP contribution is -2.54. The fraction of sp³-hybridized carbons (Fsp3) is 0.500. The number of carbonyl (C=O) groups excluding carboxylic acids is 1. The highest BCUT2D eigenvalue weighted by Crippen LogP contribution is 2.66. The van der Waals surface area contributed by atoms with Gasteiger partial charge in [-0.1, -0.05) is 35.3 Å². The van der Waals surface area contributed by atoms with Crippen molar-refractivity contribution in [2.24, 2.45) is 17.3 Å². The molecule has 2 amide bonds. The number of nitrogens with one attached hydrogen (secondary N) is 2. The average molecular weight is 511 g/mol. The lowest BCUT2D eigenvalue weighted by Gasteiger charge is -2.62. The first-order valence-electron chi connectivity index (χ1n) is 11.7. The van der Waals surface area contributed by atoms with Gasteiger partial charge < -0.3 is 10.6 Å². The molecule has 6 rings (SSSR count). The number of amides is 2.